The Hall–Kier alpha value is -1.82. The smallest absolute Gasteiger partial charge is 0.173 e. The van der Waals surface area contributed by atoms with Crippen LogP contribution in [0.3, 0.4) is 0 Å². The van der Waals surface area contributed by atoms with Crippen molar-refractivity contribution in [2.75, 3.05) is 36.5 Å². The Morgan fingerprint density at radius 2 is 2.09 bits per heavy atom. The summed E-state index contributed by atoms with van der Waals surface area (Å²) < 4.78 is 5.77. The summed E-state index contributed by atoms with van der Waals surface area (Å²) in [5.74, 6) is 0. The van der Waals surface area contributed by atoms with E-state index in [1.165, 1.54) is 29.7 Å². The summed E-state index contributed by atoms with van der Waals surface area (Å²) in [6.07, 6.45) is 4.71. The lowest BCUT2D eigenvalue weighted by atomic mass is 9.99. The van der Waals surface area contributed by atoms with Gasteiger partial charge >= 0.3 is 0 Å². The highest BCUT2D eigenvalue weighted by Gasteiger charge is 2.18. The van der Waals surface area contributed by atoms with Gasteiger partial charge in [-0.2, -0.15) is 0 Å². The lowest BCUT2D eigenvalue weighted by Crippen LogP contribution is -2.36. The van der Waals surface area contributed by atoms with Crippen LogP contribution in [0, 0.1) is 6.92 Å². The molecule has 1 aliphatic rings. The van der Waals surface area contributed by atoms with Gasteiger partial charge in [0.05, 0.1) is 6.10 Å². The Bertz CT molecular complexity index is 934. The number of nitrogens with one attached hydrogen (secondary N) is 1. The van der Waals surface area contributed by atoms with Crippen molar-refractivity contribution in [3.05, 3.63) is 58.1 Å². The van der Waals surface area contributed by atoms with E-state index in [0.717, 1.165) is 67.0 Å². The number of nitrogens with zero attached hydrogens (tertiary/aromatic N) is 2. The molecule has 0 saturated heterocycles. The van der Waals surface area contributed by atoms with Crippen LogP contribution in [-0.4, -0.2) is 42.4 Å². The number of anilines is 2. The third-order valence-corrected chi connectivity index (χ3v) is 6.82. The Morgan fingerprint density at radius 1 is 1.27 bits per heavy atom. The average molecular weight is 488 g/mol. The Labute approximate surface area is 210 Å². The van der Waals surface area contributed by atoms with E-state index in [-0.39, 0.29) is 6.10 Å². The van der Waals surface area contributed by atoms with Crippen LogP contribution in [-0.2, 0) is 17.7 Å². The van der Waals surface area contributed by atoms with E-state index in [9.17, 15) is 0 Å². The summed E-state index contributed by atoms with van der Waals surface area (Å²) in [5, 5.41) is 4.89. The zero-order chi connectivity index (χ0) is 23.8. The zero-order valence-corrected chi connectivity index (χ0v) is 22.1. The van der Waals surface area contributed by atoms with Crippen molar-refractivity contribution in [1.82, 2.24) is 4.90 Å². The van der Waals surface area contributed by atoms with Gasteiger partial charge in [0.15, 0.2) is 5.11 Å². The largest absolute Gasteiger partial charge is 0.379 e. The van der Waals surface area contributed by atoms with Crippen LogP contribution in [0.1, 0.15) is 56.7 Å². The molecule has 2 aromatic carbocycles. The number of halogens is 1. The number of hydrogen-bond donors (Lipinski definition) is 1. The van der Waals surface area contributed by atoms with Gasteiger partial charge in [-0.25, -0.2) is 0 Å². The first kappa shape index (κ1) is 25.8. The molecule has 0 spiro atoms. The van der Waals surface area contributed by atoms with Crippen molar-refractivity contribution in [3.63, 3.8) is 0 Å². The molecule has 1 N–H and O–H groups in total. The van der Waals surface area contributed by atoms with Crippen molar-refractivity contribution in [2.24, 2.45) is 0 Å². The van der Waals surface area contributed by atoms with Crippen LogP contribution >= 0.6 is 23.8 Å². The quantitative estimate of drug-likeness (QED) is 0.293. The second-order valence-corrected chi connectivity index (χ2v) is 9.88. The van der Waals surface area contributed by atoms with Crippen LogP contribution in [0.25, 0.3) is 0 Å². The first-order valence-electron chi connectivity index (χ1n) is 12.2. The molecule has 1 aliphatic heterocycles. The predicted octanol–water partition coefficient (Wildman–Crippen LogP) is 6.83. The summed E-state index contributed by atoms with van der Waals surface area (Å²) >= 11 is 12.2. The van der Waals surface area contributed by atoms with Crippen LogP contribution < -0.4 is 10.2 Å². The molecule has 0 fully saturated rings. The maximum atomic E-state index is 6.32. The van der Waals surface area contributed by atoms with E-state index in [2.05, 4.69) is 54.1 Å². The highest BCUT2D eigenvalue weighted by Crippen LogP contribution is 2.29. The number of ether oxygens (including phenoxy) is 1. The van der Waals surface area contributed by atoms with Crippen molar-refractivity contribution in [3.8, 4) is 0 Å². The van der Waals surface area contributed by atoms with Gasteiger partial charge in [-0.1, -0.05) is 36.7 Å². The Kier molecular flexibility index (Phi) is 9.84. The Balaban J connectivity index is 1.74. The van der Waals surface area contributed by atoms with Gasteiger partial charge < -0.3 is 19.9 Å². The van der Waals surface area contributed by atoms with Crippen molar-refractivity contribution in [2.45, 2.75) is 66.0 Å². The summed E-state index contributed by atoms with van der Waals surface area (Å²) in [4.78, 5) is 4.77. The van der Waals surface area contributed by atoms with E-state index in [0.29, 0.717) is 0 Å². The fraction of sp³-hybridized carbons (Fsp3) is 0.519. The summed E-state index contributed by atoms with van der Waals surface area (Å²) in [6, 6.07) is 12.8. The minimum Gasteiger partial charge on any atom is -0.379 e. The molecule has 0 bridgehead atoms. The maximum Gasteiger partial charge on any atom is 0.173 e. The van der Waals surface area contributed by atoms with Crippen molar-refractivity contribution < 1.29 is 4.74 Å². The molecule has 0 unspecified atom stereocenters. The molecule has 0 aromatic heterocycles. The standard InChI is InChI=1S/C27H38ClN3OS/c1-5-14-30-15-7-9-23-18-22(12-13-26(23)30)19-31(16-8-17-32-20(2)3)27(33)29-25-11-6-10-24(28)21(25)4/h6,10-13,18,20H,5,7-9,14-17,19H2,1-4H3,(H,29,33). The molecule has 33 heavy (non-hydrogen) atoms. The summed E-state index contributed by atoms with van der Waals surface area (Å²) in [6.45, 7) is 13.0. The molecule has 3 rings (SSSR count). The van der Waals surface area contributed by atoms with Gasteiger partial charge in [0.25, 0.3) is 0 Å². The number of benzene rings is 2. The third-order valence-electron chi connectivity index (χ3n) is 6.05. The highest BCUT2D eigenvalue weighted by atomic mass is 35.5. The Morgan fingerprint density at radius 3 is 2.85 bits per heavy atom. The van der Waals surface area contributed by atoms with E-state index in [1.807, 2.05) is 25.1 Å². The van der Waals surface area contributed by atoms with Gasteiger partial charge in [-0.05, 0) is 93.6 Å². The van der Waals surface area contributed by atoms with Crippen LogP contribution in [0.4, 0.5) is 11.4 Å². The van der Waals surface area contributed by atoms with Gasteiger partial charge in [0.1, 0.15) is 0 Å². The molecular weight excluding hydrogens is 450 g/mol. The molecule has 2 aromatic rings. The average Bonchev–Trinajstić information content (AvgIpc) is 2.79. The lowest BCUT2D eigenvalue weighted by Gasteiger charge is -2.32. The van der Waals surface area contributed by atoms with Crippen molar-refractivity contribution >= 4 is 40.3 Å². The van der Waals surface area contributed by atoms with Gasteiger partial charge in [0, 0.05) is 49.2 Å². The topological polar surface area (TPSA) is 27.7 Å². The first-order chi connectivity index (χ1) is 15.9. The van der Waals surface area contributed by atoms with Crippen LogP contribution in [0.2, 0.25) is 5.02 Å². The second-order valence-electron chi connectivity index (χ2n) is 9.09. The lowest BCUT2D eigenvalue weighted by molar-refractivity contribution is 0.0739. The summed E-state index contributed by atoms with van der Waals surface area (Å²) in [5.41, 5.74) is 6.12. The molecule has 1 heterocycles. The molecule has 0 amide bonds. The highest BCUT2D eigenvalue weighted by molar-refractivity contribution is 7.80. The van der Waals surface area contributed by atoms with E-state index >= 15 is 0 Å². The molecule has 0 atom stereocenters. The van der Waals surface area contributed by atoms with Gasteiger partial charge in [-0.3, -0.25) is 0 Å². The van der Waals surface area contributed by atoms with Gasteiger partial charge in [0.2, 0.25) is 0 Å². The van der Waals surface area contributed by atoms with E-state index < -0.39 is 0 Å². The normalized spacial score (nSPS) is 13.2. The number of fused-ring (bicyclic) bond motifs is 1. The number of rotatable bonds is 10. The molecular formula is C27H38ClN3OS. The first-order valence-corrected chi connectivity index (χ1v) is 13.0. The van der Waals surface area contributed by atoms with Crippen molar-refractivity contribution in [1.29, 1.82) is 0 Å². The number of hydrogen-bond acceptors (Lipinski definition) is 3. The predicted molar refractivity (Wildman–Crippen MR) is 146 cm³/mol. The number of thiocarbonyl (C=S) groups is 1. The molecule has 180 valence electrons. The van der Waals surface area contributed by atoms with E-state index in [4.69, 9.17) is 28.6 Å². The molecule has 0 saturated carbocycles. The van der Waals surface area contributed by atoms with Gasteiger partial charge in [-0.15, -0.1) is 0 Å². The second kappa shape index (κ2) is 12.6. The fourth-order valence-electron chi connectivity index (χ4n) is 4.31. The minimum atomic E-state index is 0.240. The number of aryl methyl sites for hydroxylation is 1. The fourth-order valence-corrected chi connectivity index (χ4v) is 4.75. The molecule has 0 aliphatic carbocycles. The summed E-state index contributed by atoms with van der Waals surface area (Å²) in [7, 11) is 0. The molecule has 4 nitrogen and oxygen atoms in total. The minimum absolute atomic E-state index is 0.240. The monoisotopic (exact) mass is 487 g/mol. The SMILES string of the molecule is CCCN1CCCc2cc(CN(CCCOC(C)C)C(=S)Nc3cccc(Cl)c3C)ccc21. The van der Waals surface area contributed by atoms with E-state index in [1.54, 1.807) is 0 Å². The third kappa shape index (κ3) is 7.33. The van der Waals surface area contributed by atoms with Crippen LogP contribution in [0.15, 0.2) is 36.4 Å². The molecule has 0 radical (unpaired) electrons. The maximum absolute atomic E-state index is 6.32. The zero-order valence-electron chi connectivity index (χ0n) is 20.5. The molecule has 6 heteroatoms. The van der Waals surface area contributed by atoms with Crippen LogP contribution in [0.5, 0.6) is 0 Å².